The van der Waals surface area contributed by atoms with Gasteiger partial charge in [-0.1, -0.05) is 32.6 Å². The smallest absolute Gasteiger partial charge is 0.311 e. The lowest BCUT2D eigenvalue weighted by Gasteiger charge is -2.21. The molecule has 5 nitrogen and oxygen atoms in total. The van der Waals surface area contributed by atoms with Crippen molar-refractivity contribution in [2.75, 3.05) is 26.2 Å². The van der Waals surface area contributed by atoms with Gasteiger partial charge in [0.15, 0.2) is 0 Å². The highest BCUT2D eigenvalue weighted by atomic mass is 16.2. The standard InChI is InChI=1S/C15H29N3O2/c1-3-4-5-6-8-13(2)17-14(19)15(20)18-11-7-9-16-10-12-18/h13,16H,3-12H2,1-2H3,(H,17,19). The summed E-state index contributed by atoms with van der Waals surface area (Å²) in [6.07, 6.45) is 6.61. The average molecular weight is 283 g/mol. The Morgan fingerprint density at radius 1 is 1.20 bits per heavy atom. The number of carbonyl (C=O) groups excluding carboxylic acids is 2. The van der Waals surface area contributed by atoms with Crippen LogP contribution in [0.3, 0.4) is 0 Å². The van der Waals surface area contributed by atoms with Crippen molar-refractivity contribution in [1.29, 1.82) is 0 Å². The molecule has 1 aliphatic heterocycles. The predicted octanol–water partition coefficient (Wildman–Crippen LogP) is 1.28. The third kappa shape index (κ3) is 6.37. The number of nitrogens with zero attached hydrogens (tertiary/aromatic N) is 1. The van der Waals surface area contributed by atoms with Crippen LogP contribution in [0, 0.1) is 0 Å². The van der Waals surface area contributed by atoms with Crippen molar-refractivity contribution in [3.05, 3.63) is 0 Å². The van der Waals surface area contributed by atoms with E-state index in [-0.39, 0.29) is 11.9 Å². The normalized spacial score (nSPS) is 17.4. The van der Waals surface area contributed by atoms with Gasteiger partial charge in [-0.2, -0.15) is 0 Å². The van der Waals surface area contributed by atoms with Gasteiger partial charge in [-0.15, -0.1) is 0 Å². The van der Waals surface area contributed by atoms with E-state index in [9.17, 15) is 9.59 Å². The Labute approximate surface area is 122 Å². The summed E-state index contributed by atoms with van der Waals surface area (Å²) in [5, 5.41) is 6.05. The maximum absolute atomic E-state index is 12.0. The second kappa shape index (κ2) is 9.75. The minimum Gasteiger partial charge on any atom is -0.345 e. The Morgan fingerprint density at radius 3 is 2.75 bits per heavy atom. The van der Waals surface area contributed by atoms with Gasteiger partial charge in [0.2, 0.25) is 0 Å². The van der Waals surface area contributed by atoms with Crippen molar-refractivity contribution < 1.29 is 9.59 Å². The Bertz CT molecular complexity index is 299. The van der Waals surface area contributed by atoms with Gasteiger partial charge < -0.3 is 15.5 Å². The van der Waals surface area contributed by atoms with E-state index < -0.39 is 5.91 Å². The second-order valence-corrected chi connectivity index (χ2v) is 5.62. The van der Waals surface area contributed by atoms with E-state index in [2.05, 4.69) is 17.6 Å². The van der Waals surface area contributed by atoms with Crippen molar-refractivity contribution in [2.45, 2.75) is 58.4 Å². The van der Waals surface area contributed by atoms with E-state index in [4.69, 9.17) is 0 Å². The van der Waals surface area contributed by atoms with Crippen LogP contribution in [0.2, 0.25) is 0 Å². The fourth-order valence-corrected chi connectivity index (χ4v) is 2.43. The molecule has 2 amide bonds. The van der Waals surface area contributed by atoms with E-state index in [0.29, 0.717) is 13.1 Å². The van der Waals surface area contributed by atoms with E-state index in [1.54, 1.807) is 4.90 Å². The third-order valence-electron chi connectivity index (χ3n) is 3.69. The molecule has 5 heteroatoms. The SMILES string of the molecule is CCCCCCC(C)NC(=O)C(=O)N1CCCNCC1. The van der Waals surface area contributed by atoms with E-state index >= 15 is 0 Å². The van der Waals surface area contributed by atoms with Gasteiger partial charge >= 0.3 is 11.8 Å². The van der Waals surface area contributed by atoms with Crippen molar-refractivity contribution >= 4 is 11.8 Å². The molecule has 20 heavy (non-hydrogen) atoms. The molecule has 0 spiro atoms. The fourth-order valence-electron chi connectivity index (χ4n) is 2.43. The number of nitrogens with one attached hydrogen (secondary N) is 2. The molecule has 0 aromatic carbocycles. The zero-order valence-electron chi connectivity index (χ0n) is 12.9. The van der Waals surface area contributed by atoms with Crippen LogP contribution in [-0.4, -0.2) is 48.9 Å². The first kappa shape index (κ1) is 17.0. The van der Waals surface area contributed by atoms with Crippen molar-refractivity contribution in [2.24, 2.45) is 0 Å². The molecule has 1 saturated heterocycles. The van der Waals surface area contributed by atoms with Crippen LogP contribution in [0.25, 0.3) is 0 Å². The zero-order chi connectivity index (χ0) is 14.8. The first-order chi connectivity index (χ1) is 9.65. The molecule has 0 radical (unpaired) electrons. The lowest BCUT2D eigenvalue weighted by molar-refractivity contribution is -0.146. The summed E-state index contributed by atoms with van der Waals surface area (Å²) in [6.45, 7) is 7.13. The Morgan fingerprint density at radius 2 is 2.00 bits per heavy atom. The first-order valence-corrected chi connectivity index (χ1v) is 7.95. The lowest BCUT2D eigenvalue weighted by Crippen LogP contribution is -2.46. The van der Waals surface area contributed by atoms with Gasteiger partial charge in [0.1, 0.15) is 0 Å². The largest absolute Gasteiger partial charge is 0.345 e. The number of unbranched alkanes of at least 4 members (excludes halogenated alkanes) is 3. The van der Waals surface area contributed by atoms with Crippen molar-refractivity contribution in [1.82, 2.24) is 15.5 Å². The van der Waals surface area contributed by atoms with Gasteiger partial charge in [0.25, 0.3) is 0 Å². The molecular formula is C15H29N3O2. The van der Waals surface area contributed by atoms with Crippen molar-refractivity contribution in [3.8, 4) is 0 Å². The van der Waals surface area contributed by atoms with Gasteiger partial charge in [0.05, 0.1) is 0 Å². The van der Waals surface area contributed by atoms with Gasteiger partial charge in [-0.3, -0.25) is 9.59 Å². The topological polar surface area (TPSA) is 61.4 Å². The number of hydrogen-bond acceptors (Lipinski definition) is 3. The summed E-state index contributed by atoms with van der Waals surface area (Å²) < 4.78 is 0. The van der Waals surface area contributed by atoms with E-state index in [1.807, 2.05) is 6.92 Å². The summed E-state index contributed by atoms with van der Waals surface area (Å²) in [7, 11) is 0. The molecule has 1 fully saturated rings. The molecule has 1 atom stereocenters. The van der Waals surface area contributed by atoms with Gasteiger partial charge in [-0.25, -0.2) is 0 Å². The first-order valence-electron chi connectivity index (χ1n) is 7.95. The summed E-state index contributed by atoms with van der Waals surface area (Å²) in [4.78, 5) is 25.6. The quantitative estimate of drug-likeness (QED) is 0.570. The van der Waals surface area contributed by atoms with Crippen LogP contribution < -0.4 is 10.6 Å². The second-order valence-electron chi connectivity index (χ2n) is 5.62. The third-order valence-corrected chi connectivity index (χ3v) is 3.69. The van der Waals surface area contributed by atoms with Crippen LogP contribution in [0.15, 0.2) is 0 Å². The summed E-state index contributed by atoms with van der Waals surface area (Å²) >= 11 is 0. The zero-order valence-corrected chi connectivity index (χ0v) is 12.9. The molecule has 1 unspecified atom stereocenters. The van der Waals surface area contributed by atoms with Crippen LogP contribution in [0.5, 0.6) is 0 Å². The number of rotatable bonds is 6. The molecule has 116 valence electrons. The molecule has 0 aromatic rings. The monoisotopic (exact) mass is 283 g/mol. The molecule has 0 bridgehead atoms. The van der Waals surface area contributed by atoms with Crippen LogP contribution in [0.4, 0.5) is 0 Å². The van der Waals surface area contributed by atoms with Crippen LogP contribution >= 0.6 is 0 Å². The van der Waals surface area contributed by atoms with Crippen LogP contribution in [-0.2, 0) is 9.59 Å². The number of amides is 2. The van der Waals surface area contributed by atoms with E-state index in [0.717, 1.165) is 32.4 Å². The maximum Gasteiger partial charge on any atom is 0.311 e. The highest BCUT2D eigenvalue weighted by molar-refractivity contribution is 6.35. The summed E-state index contributed by atoms with van der Waals surface area (Å²) in [5.74, 6) is -0.830. The Hall–Kier alpha value is -1.10. The highest BCUT2D eigenvalue weighted by Crippen LogP contribution is 2.05. The fraction of sp³-hybridized carbons (Fsp3) is 0.867. The Kier molecular flexibility index (Phi) is 8.26. The molecule has 0 aliphatic carbocycles. The predicted molar refractivity (Wildman–Crippen MR) is 80.4 cm³/mol. The molecular weight excluding hydrogens is 254 g/mol. The minimum absolute atomic E-state index is 0.0772. The molecule has 1 aliphatic rings. The summed E-state index contributed by atoms with van der Waals surface area (Å²) in [5.41, 5.74) is 0. The maximum atomic E-state index is 12.0. The molecule has 1 rings (SSSR count). The highest BCUT2D eigenvalue weighted by Gasteiger charge is 2.23. The molecule has 0 saturated carbocycles. The average Bonchev–Trinajstić information content (AvgIpc) is 2.71. The molecule has 2 N–H and O–H groups in total. The van der Waals surface area contributed by atoms with Gasteiger partial charge in [0, 0.05) is 25.7 Å². The minimum atomic E-state index is -0.449. The summed E-state index contributed by atoms with van der Waals surface area (Å²) in [6, 6.07) is 0.0772. The van der Waals surface area contributed by atoms with Crippen molar-refractivity contribution in [3.63, 3.8) is 0 Å². The van der Waals surface area contributed by atoms with Crippen LogP contribution in [0.1, 0.15) is 52.4 Å². The molecule has 1 heterocycles. The number of carbonyl (C=O) groups is 2. The van der Waals surface area contributed by atoms with Gasteiger partial charge in [-0.05, 0) is 26.3 Å². The molecule has 0 aromatic heterocycles. The lowest BCUT2D eigenvalue weighted by atomic mass is 10.1. The van der Waals surface area contributed by atoms with E-state index in [1.165, 1.54) is 19.3 Å². The Balaban J connectivity index is 2.27. The number of hydrogen-bond donors (Lipinski definition) is 2.